The SMILES string of the molecule is Cc1ccc2nc(N)c(C(=O)NC(C)c3cc4cccc(C#CCNS(C)(=O)=O)c4c(=O)n3-c3ccccc3)n2n1. The predicted octanol–water partition coefficient (Wildman–Crippen LogP) is 2.32. The average molecular weight is 570 g/mol. The van der Waals surface area contributed by atoms with Crippen LogP contribution in [0.1, 0.15) is 40.4 Å². The van der Waals surface area contributed by atoms with Crippen molar-refractivity contribution in [3.63, 3.8) is 0 Å². The molecular formula is C29H27N7O4S. The van der Waals surface area contributed by atoms with Gasteiger partial charge in [-0.2, -0.15) is 5.10 Å². The number of aryl methyl sites for hydroxylation is 1. The lowest BCUT2D eigenvalue weighted by atomic mass is 10.0. The second-order valence-electron chi connectivity index (χ2n) is 9.50. The average Bonchev–Trinajstić information content (AvgIpc) is 3.25. The van der Waals surface area contributed by atoms with Gasteiger partial charge < -0.3 is 11.1 Å². The van der Waals surface area contributed by atoms with E-state index in [9.17, 15) is 18.0 Å². The van der Waals surface area contributed by atoms with E-state index in [0.717, 1.165) is 6.26 Å². The van der Waals surface area contributed by atoms with Crippen molar-refractivity contribution in [3.8, 4) is 17.5 Å². The molecule has 0 radical (unpaired) electrons. The molecule has 3 heterocycles. The summed E-state index contributed by atoms with van der Waals surface area (Å²) in [6, 6.07) is 19.0. The molecule has 5 rings (SSSR count). The molecule has 1 atom stereocenters. The fourth-order valence-corrected chi connectivity index (χ4v) is 4.88. The second kappa shape index (κ2) is 10.9. The number of anilines is 1. The van der Waals surface area contributed by atoms with Crippen molar-refractivity contribution in [1.82, 2.24) is 29.2 Å². The Morgan fingerprint density at radius 2 is 1.85 bits per heavy atom. The van der Waals surface area contributed by atoms with Gasteiger partial charge in [-0.1, -0.05) is 42.2 Å². The fourth-order valence-electron chi connectivity index (χ4n) is 4.55. The third-order valence-corrected chi connectivity index (χ3v) is 7.05. The number of aromatic nitrogens is 4. The molecule has 11 nitrogen and oxygen atoms in total. The number of nitrogens with one attached hydrogen (secondary N) is 2. The first-order chi connectivity index (χ1) is 19.5. The lowest BCUT2D eigenvalue weighted by Crippen LogP contribution is -2.33. The minimum atomic E-state index is -3.40. The molecular weight excluding hydrogens is 542 g/mol. The number of nitrogens with two attached hydrogens (primary N) is 1. The molecule has 0 aliphatic carbocycles. The number of carbonyl (C=O) groups excluding carboxylic acids is 1. The summed E-state index contributed by atoms with van der Waals surface area (Å²) in [6.07, 6.45) is 1.05. The number of pyridine rings is 1. The van der Waals surface area contributed by atoms with Crippen LogP contribution in [0, 0.1) is 18.8 Å². The van der Waals surface area contributed by atoms with Gasteiger partial charge >= 0.3 is 0 Å². The van der Waals surface area contributed by atoms with E-state index >= 15 is 0 Å². The van der Waals surface area contributed by atoms with E-state index in [0.29, 0.717) is 39.1 Å². The van der Waals surface area contributed by atoms with Gasteiger partial charge in [-0.15, -0.1) is 0 Å². The quantitative estimate of drug-likeness (QED) is 0.265. The van der Waals surface area contributed by atoms with Gasteiger partial charge in [0.05, 0.1) is 29.9 Å². The minimum Gasteiger partial charge on any atom is -0.382 e. The van der Waals surface area contributed by atoms with Crippen LogP contribution >= 0.6 is 0 Å². The van der Waals surface area contributed by atoms with Crippen LogP contribution in [0.5, 0.6) is 0 Å². The lowest BCUT2D eigenvalue weighted by Gasteiger charge is -2.21. The maximum absolute atomic E-state index is 14.1. The molecule has 208 valence electrons. The van der Waals surface area contributed by atoms with Crippen molar-refractivity contribution in [3.05, 3.63) is 99.7 Å². The Labute approximate surface area is 236 Å². The van der Waals surface area contributed by atoms with Crippen LogP contribution < -0.4 is 21.3 Å². The van der Waals surface area contributed by atoms with Crippen molar-refractivity contribution < 1.29 is 13.2 Å². The predicted molar refractivity (Wildman–Crippen MR) is 157 cm³/mol. The maximum atomic E-state index is 14.1. The van der Waals surface area contributed by atoms with E-state index in [1.54, 1.807) is 56.3 Å². The second-order valence-corrected chi connectivity index (χ2v) is 11.3. The van der Waals surface area contributed by atoms with E-state index < -0.39 is 22.0 Å². The number of sulfonamides is 1. The van der Waals surface area contributed by atoms with Crippen LogP contribution in [0.25, 0.3) is 22.1 Å². The van der Waals surface area contributed by atoms with Gasteiger partial charge in [0.2, 0.25) is 10.0 Å². The summed E-state index contributed by atoms with van der Waals surface area (Å²) in [6.45, 7) is 3.48. The topological polar surface area (TPSA) is 153 Å². The fraction of sp³-hybridized carbons (Fsp3) is 0.172. The number of hydrogen-bond acceptors (Lipinski definition) is 7. The summed E-state index contributed by atoms with van der Waals surface area (Å²) in [7, 11) is -3.40. The molecule has 4 N–H and O–H groups in total. The third-order valence-electron chi connectivity index (χ3n) is 6.38. The number of carbonyl (C=O) groups is 1. The van der Waals surface area contributed by atoms with Gasteiger partial charge in [-0.3, -0.25) is 14.2 Å². The van der Waals surface area contributed by atoms with Crippen molar-refractivity contribution in [2.45, 2.75) is 19.9 Å². The first kappa shape index (κ1) is 27.6. The van der Waals surface area contributed by atoms with Crippen LogP contribution in [-0.4, -0.2) is 46.3 Å². The van der Waals surface area contributed by atoms with Gasteiger partial charge in [0.15, 0.2) is 17.2 Å². The molecule has 0 saturated carbocycles. The van der Waals surface area contributed by atoms with Gasteiger partial charge in [-0.05, 0) is 55.6 Å². The molecule has 0 saturated heterocycles. The van der Waals surface area contributed by atoms with Crippen molar-refractivity contribution in [1.29, 1.82) is 0 Å². The Morgan fingerprint density at radius 1 is 1.10 bits per heavy atom. The Kier molecular flexibility index (Phi) is 7.32. The smallest absolute Gasteiger partial charge is 0.274 e. The zero-order chi connectivity index (χ0) is 29.3. The molecule has 12 heteroatoms. The van der Waals surface area contributed by atoms with E-state index in [-0.39, 0.29) is 23.6 Å². The van der Waals surface area contributed by atoms with Crippen molar-refractivity contribution >= 4 is 38.2 Å². The normalized spacial score (nSPS) is 12.2. The first-order valence-corrected chi connectivity index (χ1v) is 14.5. The van der Waals surface area contributed by atoms with Crippen LogP contribution in [0.2, 0.25) is 0 Å². The van der Waals surface area contributed by atoms with Crippen LogP contribution in [0.3, 0.4) is 0 Å². The molecule has 2 aromatic carbocycles. The van der Waals surface area contributed by atoms with Crippen LogP contribution in [-0.2, 0) is 10.0 Å². The Morgan fingerprint density at radius 3 is 2.59 bits per heavy atom. The number of para-hydroxylation sites is 1. The van der Waals surface area contributed by atoms with Gasteiger partial charge in [0.25, 0.3) is 11.5 Å². The molecule has 0 bridgehead atoms. The summed E-state index contributed by atoms with van der Waals surface area (Å²) >= 11 is 0. The van der Waals surface area contributed by atoms with Gasteiger partial charge in [-0.25, -0.2) is 22.6 Å². The molecule has 3 aromatic heterocycles. The lowest BCUT2D eigenvalue weighted by molar-refractivity contribution is 0.0932. The number of hydrogen-bond donors (Lipinski definition) is 3. The first-order valence-electron chi connectivity index (χ1n) is 12.6. The third kappa shape index (κ3) is 5.67. The zero-order valence-corrected chi connectivity index (χ0v) is 23.4. The van der Waals surface area contributed by atoms with E-state index in [4.69, 9.17) is 5.73 Å². The Bertz CT molecular complexity index is 2040. The summed E-state index contributed by atoms with van der Waals surface area (Å²) in [5.41, 5.74) is 8.57. The van der Waals surface area contributed by atoms with Crippen LogP contribution in [0.15, 0.2) is 71.5 Å². The zero-order valence-electron chi connectivity index (χ0n) is 22.5. The van der Waals surface area contributed by atoms with Crippen molar-refractivity contribution in [2.24, 2.45) is 0 Å². The standard InChI is InChI=1S/C29H27N7O4S/c1-18-14-15-24-33-27(30)26(36(24)34-18)28(37)32-19(2)23-17-21-10-7-9-20(11-8-16-31-41(3,39)40)25(21)29(38)35(23)22-12-5-4-6-13-22/h4-7,9-10,12-15,17,19,31H,16,30H2,1-3H3,(H,32,37). The number of nitrogens with zero attached hydrogens (tertiary/aromatic N) is 4. The Hall–Kier alpha value is -4.99. The molecule has 0 fully saturated rings. The highest BCUT2D eigenvalue weighted by molar-refractivity contribution is 7.88. The van der Waals surface area contributed by atoms with Gasteiger partial charge in [0, 0.05) is 16.9 Å². The highest BCUT2D eigenvalue weighted by Crippen LogP contribution is 2.24. The largest absolute Gasteiger partial charge is 0.382 e. The van der Waals surface area contributed by atoms with Crippen molar-refractivity contribution in [2.75, 3.05) is 18.5 Å². The van der Waals surface area contributed by atoms with E-state index in [2.05, 4.69) is 32.0 Å². The number of rotatable bonds is 6. The van der Waals surface area contributed by atoms with Crippen LogP contribution in [0.4, 0.5) is 5.82 Å². The summed E-state index contributed by atoms with van der Waals surface area (Å²) in [5, 5.41) is 8.32. The number of amides is 1. The number of nitrogen functional groups attached to an aromatic ring is 1. The summed E-state index contributed by atoms with van der Waals surface area (Å²) < 4.78 is 28.0. The maximum Gasteiger partial charge on any atom is 0.274 e. The molecule has 5 aromatic rings. The number of benzene rings is 2. The number of imidazole rings is 1. The molecule has 0 spiro atoms. The van der Waals surface area contributed by atoms with Gasteiger partial charge in [0.1, 0.15) is 0 Å². The molecule has 1 unspecified atom stereocenters. The molecule has 0 aliphatic rings. The molecule has 1 amide bonds. The molecule has 41 heavy (non-hydrogen) atoms. The molecule has 0 aliphatic heterocycles. The highest BCUT2D eigenvalue weighted by Gasteiger charge is 2.23. The van der Waals surface area contributed by atoms with E-state index in [1.807, 2.05) is 24.3 Å². The highest BCUT2D eigenvalue weighted by atomic mass is 32.2. The summed E-state index contributed by atoms with van der Waals surface area (Å²) in [4.78, 5) is 31.8. The summed E-state index contributed by atoms with van der Waals surface area (Å²) in [5.74, 6) is 5.23. The number of fused-ring (bicyclic) bond motifs is 2. The Balaban J connectivity index is 1.61. The minimum absolute atomic E-state index is 0.0420. The monoisotopic (exact) mass is 569 g/mol. The van der Waals surface area contributed by atoms with E-state index in [1.165, 1.54) is 9.08 Å².